The molecule has 1 aliphatic heterocycles. The Morgan fingerprint density at radius 1 is 1.13 bits per heavy atom. The van der Waals surface area contributed by atoms with Gasteiger partial charge in [0, 0.05) is 11.6 Å². The Bertz CT molecular complexity index is 890. The normalized spacial score (nSPS) is 18.9. The van der Waals surface area contributed by atoms with Gasteiger partial charge >= 0.3 is 6.03 Å². The molecule has 1 heterocycles. The van der Waals surface area contributed by atoms with Crippen LogP contribution in [0.2, 0.25) is 5.02 Å². The number of nitrogens with one attached hydrogen (secondary N) is 1. The minimum atomic E-state index is -1.02. The predicted molar refractivity (Wildman–Crippen MR) is 117 cm³/mol. The Morgan fingerprint density at radius 3 is 2.53 bits per heavy atom. The molecule has 2 aromatic rings. The maximum Gasteiger partial charge on any atom is 0.326 e. The molecule has 1 atom stereocenters. The number of benzene rings is 2. The third-order valence-electron chi connectivity index (χ3n) is 5.08. The van der Waals surface area contributed by atoms with E-state index in [-0.39, 0.29) is 24.5 Å². The van der Waals surface area contributed by atoms with Crippen molar-refractivity contribution < 1.29 is 14.3 Å². The number of carbonyl (C=O) groups excluding carboxylic acids is 2. The fourth-order valence-electron chi connectivity index (χ4n) is 3.73. The van der Waals surface area contributed by atoms with E-state index in [2.05, 4.69) is 5.32 Å². The monoisotopic (exact) mass is 429 g/mol. The number of nitrogens with zero attached hydrogens (tertiary/aromatic N) is 2. The minimum Gasteiger partial charge on any atom is -0.492 e. The molecular weight excluding hydrogens is 402 g/mol. The third-order valence-corrected chi connectivity index (χ3v) is 5.31. The summed E-state index contributed by atoms with van der Waals surface area (Å²) in [4.78, 5) is 29.3. The van der Waals surface area contributed by atoms with Gasteiger partial charge in [-0.25, -0.2) is 9.69 Å². The van der Waals surface area contributed by atoms with Crippen LogP contribution >= 0.6 is 11.6 Å². The quantitative estimate of drug-likeness (QED) is 0.609. The first-order valence-electron chi connectivity index (χ1n) is 10.1. The summed E-state index contributed by atoms with van der Waals surface area (Å²) in [5, 5.41) is 3.59. The van der Waals surface area contributed by atoms with Crippen LogP contribution in [-0.4, -0.2) is 48.6 Å². The van der Waals surface area contributed by atoms with Crippen LogP contribution < -0.4 is 10.1 Å². The smallest absolute Gasteiger partial charge is 0.326 e. The number of rotatable bonds is 9. The lowest BCUT2D eigenvalue weighted by atomic mass is 9.82. The lowest BCUT2D eigenvalue weighted by Gasteiger charge is -2.29. The standard InChI is InChI=1S/C23H28ClN3O3/c1-17(2)15-23(18-8-5-4-6-9-18)21(28)27(22(29)25-23)16-26(3)12-13-30-20-11-7-10-19(24)14-20/h4-11,14,17H,12-13,15-16H2,1-3H3,(H,25,29). The Balaban J connectivity index is 1.66. The first-order chi connectivity index (χ1) is 14.3. The zero-order valence-electron chi connectivity index (χ0n) is 17.6. The highest BCUT2D eigenvalue weighted by Gasteiger charge is 2.52. The van der Waals surface area contributed by atoms with Crippen molar-refractivity contribution in [2.24, 2.45) is 5.92 Å². The van der Waals surface area contributed by atoms with Crippen LogP contribution in [0.15, 0.2) is 54.6 Å². The second-order valence-electron chi connectivity index (χ2n) is 8.06. The molecule has 30 heavy (non-hydrogen) atoms. The van der Waals surface area contributed by atoms with Gasteiger partial charge in [0.2, 0.25) is 0 Å². The number of ether oxygens (including phenoxy) is 1. The number of imide groups is 1. The van der Waals surface area contributed by atoms with E-state index in [1.807, 2.05) is 68.3 Å². The molecule has 1 unspecified atom stereocenters. The third kappa shape index (κ3) is 4.94. The molecule has 2 aromatic carbocycles. The molecule has 0 saturated carbocycles. The number of halogens is 1. The van der Waals surface area contributed by atoms with Crippen molar-refractivity contribution in [2.75, 3.05) is 26.9 Å². The van der Waals surface area contributed by atoms with Crippen LogP contribution in [0.5, 0.6) is 5.75 Å². The molecule has 0 aromatic heterocycles. The molecule has 160 valence electrons. The summed E-state index contributed by atoms with van der Waals surface area (Å²) in [6.07, 6.45) is 0.541. The number of carbonyl (C=O) groups is 2. The Hall–Kier alpha value is -2.57. The van der Waals surface area contributed by atoms with Gasteiger partial charge in [-0.1, -0.05) is 61.8 Å². The largest absolute Gasteiger partial charge is 0.492 e. The van der Waals surface area contributed by atoms with Crippen molar-refractivity contribution in [3.63, 3.8) is 0 Å². The molecule has 1 saturated heterocycles. The van der Waals surface area contributed by atoms with Crippen molar-refractivity contribution in [3.05, 3.63) is 65.2 Å². The second-order valence-corrected chi connectivity index (χ2v) is 8.50. The van der Waals surface area contributed by atoms with Crippen molar-refractivity contribution in [3.8, 4) is 5.75 Å². The van der Waals surface area contributed by atoms with Crippen molar-refractivity contribution in [2.45, 2.75) is 25.8 Å². The summed E-state index contributed by atoms with van der Waals surface area (Å²) < 4.78 is 5.71. The SMILES string of the molecule is CC(C)CC1(c2ccccc2)NC(=O)N(CN(C)CCOc2cccc(Cl)c2)C1=O. The lowest BCUT2D eigenvalue weighted by Crippen LogP contribution is -2.46. The molecule has 0 spiro atoms. The average Bonchev–Trinajstić information content (AvgIpc) is 2.93. The van der Waals surface area contributed by atoms with Gasteiger partial charge in [-0.2, -0.15) is 0 Å². The van der Waals surface area contributed by atoms with Gasteiger partial charge in [0.25, 0.3) is 5.91 Å². The van der Waals surface area contributed by atoms with Gasteiger partial charge in [-0.3, -0.25) is 9.69 Å². The van der Waals surface area contributed by atoms with Gasteiger partial charge < -0.3 is 10.1 Å². The summed E-state index contributed by atoms with van der Waals surface area (Å²) in [6, 6.07) is 16.3. The lowest BCUT2D eigenvalue weighted by molar-refractivity contribution is -0.133. The molecule has 1 N–H and O–H groups in total. The van der Waals surface area contributed by atoms with Crippen LogP contribution in [0.25, 0.3) is 0 Å². The van der Waals surface area contributed by atoms with Crippen LogP contribution in [0.3, 0.4) is 0 Å². The molecular formula is C23H28ClN3O3. The van der Waals surface area contributed by atoms with Crippen molar-refractivity contribution >= 4 is 23.5 Å². The molecule has 6 nitrogen and oxygen atoms in total. The highest BCUT2D eigenvalue weighted by atomic mass is 35.5. The van der Waals surface area contributed by atoms with Gasteiger partial charge in [-0.05, 0) is 43.1 Å². The predicted octanol–water partition coefficient (Wildman–Crippen LogP) is 4.10. The zero-order chi connectivity index (χ0) is 21.7. The van der Waals surface area contributed by atoms with E-state index in [4.69, 9.17) is 16.3 Å². The molecule has 0 bridgehead atoms. The minimum absolute atomic E-state index is 0.191. The van der Waals surface area contributed by atoms with Crippen molar-refractivity contribution in [1.82, 2.24) is 15.1 Å². The van der Waals surface area contributed by atoms with E-state index in [1.165, 1.54) is 4.90 Å². The van der Waals surface area contributed by atoms with Crippen LogP contribution in [0.4, 0.5) is 4.79 Å². The van der Waals surface area contributed by atoms with Crippen molar-refractivity contribution in [1.29, 1.82) is 0 Å². The Labute approximate surface area is 182 Å². The fraction of sp³-hybridized carbons (Fsp3) is 0.391. The second kappa shape index (κ2) is 9.49. The summed E-state index contributed by atoms with van der Waals surface area (Å²) >= 11 is 5.97. The van der Waals surface area contributed by atoms with E-state index < -0.39 is 5.54 Å². The fourth-order valence-corrected chi connectivity index (χ4v) is 3.91. The van der Waals surface area contributed by atoms with E-state index >= 15 is 0 Å². The van der Waals surface area contributed by atoms with E-state index in [1.54, 1.807) is 12.1 Å². The van der Waals surface area contributed by atoms with E-state index in [9.17, 15) is 9.59 Å². The molecule has 0 radical (unpaired) electrons. The Kier molecular flexibility index (Phi) is 7.00. The maximum absolute atomic E-state index is 13.4. The zero-order valence-corrected chi connectivity index (χ0v) is 18.4. The average molecular weight is 430 g/mol. The molecule has 3 amide bonds. The number of likely N-dealkylation sites (N-methyl/N-ethyl adjacent to an activating group) is 1. The maximum atomic E-state index is 13.4. The first kappa shape index (κ1) is 22.1. The highest BCUT2D eigenvalue weighted by Crippen LogP contribution is 2.35. The van der Waals surface area contributed by atoms with Crippen LogP contribution in [0, 0.1) is 5.92 Å². The Morgan fingerprint density at radius 2 is 1.87 bits per heavy atom. The number of amides is 3. The summed E-state index contributed by atoms with van der Waals surface area (Å²) in [5.74, 6) is 0.708. The molecule has 1 fully saturated rings. The van der Waals surface area contributed by atoms with E-state index in [0.29, 0.717) is 30.3 Å². The summed E-state index contributed by atoms with van der Waals surface area (Å²) in [5.41, 5.74) is -0.212. The number of urea groups is 1. The first-order valence-corrected chi connectivity index (χ1v) is 10.5. The molecule has 7 heteroatoms. The van der Waals surface area contributed by atoms with Gasteiger partial charge in [0.15, 0.2) is 0 Å². The highest BCUT2D eigenvalue weighted by molar-refractivity contribution is 6.30. The summed E-state index contributed by atoms with van der Waals surface area (Å²) in [6.45, 7) is 5.25. The van der Waals surface area contributed by atoms with Gasteiger partial charge in [0.1, 0.15) is 17.9 Å². The van der Waals surface area contributed by atoms with E-state index in [0.717, 1.165) is 5.56 Å². The molecule has 1 aliphatic rings. The van der Waals surface area contributed by atoms with Gasteiger partial charge in [0.05, 0.1) is 6.67 Å². The van der Waals surface area contributed by atoms with Crippen LogP contribution in [0.1, 0.15) is 25.8 Å². The van der Waals surface area contributed by atoms with Crippen LogP contribution in [-0.2, 0) is 10.3 Å². The molecule has 0 aliphatic carbocycles. The topological polar surface area (TPSA) is 61.9 Å². The number of hydrogen-bond acceptors (Lipinski definition) is 4. The molecule has 3 rings (SSSR count). The number of hydrogen-bond donors (Lipinski definition) is 1. The summed E-state index contributed by atoms with van der Waals surface area (Å²) in [7, 11) is 1.85. The van der Waals surface area contributed by atoms with Gasteiger partial charge in [-0.15, -0.1) is 0 Å².